The number of benzene rings is 2. The zero-order valence-electron chi connectivity index (χ0n) is 20.0. The van der Waals surface area contributed by atoms with Crippen LogP contribution in [0.15, 0.2) is 53.4 Å². The van der Waals surface area contributed by atoms with Crippen molar-refractivity contribution < 1.29 is 27.5 Å². The molecule has 0 aliphatic carbocycles. The number of carbonyl (C=O) groups is 3. The monoisotopic (exact) mass is 522 g/mol. The number of hydrogen-bond donors (Lipinski definition) is 4. The molecule has 190 valence electrons. The van der Waals surface area contributed by atoms with Gasteiger partial charge in [-0.25, -0.2) is 27.5 Å². The highest BCUT2D eigenvalue weighted by Crippen LogP contribution is 2.15. The molecule has 0 bridgehead atoms. The van der Waals surface area contributed by atoms with E-state index in [0.29, 0.717) is 13.0 Å². The summed E-state index contributed by atoms with van der Waals surface area (Å²) in [5.74, 6) is -0.570. The Bertz CT molecular complexity index is 1140. The third-order valence-corrected chi connectivity index (χ3v) is 6.72. The first-order valence-electron chi connectivity index (χ1n) is 10.7. The van der Waals surface area contributed by atoms with Crippen LogP contribution >= 0.6 is 12.8 Å². The number of rotatable bonds is 8. The fourth-order valence-corrected chi connectivity index (χ4v) is 3.62. The second-order valence-electron chi connectivity index (χ2n) is 8.65. The summed E-state index contributed by atoms with van der Waals surface area (Å²) in [5.41, 5.74) is 0.994. The first-order chi connectivity index (χ1) is 16.3. The molecule has 12 heteroatoms. The van der Waals surface area contributed by atoms with Crippen molar-refractivity contribution >= 4 is 46.6 Å². The Labute approximate surface area is 211 Å². The molecule has 2 rings (SSSR count). The van der Waals surface area contributed by atoms with E-state index < -0.39 is 27.6 Å². The molecule has 0 spiro atoms. The number of carbonyl (C=O) groups excluding carboxylic acids is 3. The highest BCUT2D eigenvalue weighted by atomic mass is 32.2. The predicted molar refractivity (Wildman–Crippen MR) is 136 cm³/mol. The summed E-state index contributed by atoms with van der Waals surface area (Å²) in [6, 6.07) is 10.6. The number of amides is 4. The van der Waals surface area contributed by atoms with Gasteiger partial charge in [0.2, 0.25) is 0 Å². The quantitative estimate of drug-likeness (QED) is 0.237. The minimum Gasteiger partial charge on any atom is -0.462 e. The molecular weight excluding hydrogens is 492 g/mol. The zero-order chi connectivity index (χ0) is 26.2. The molecule has 0 saturated heterocycles. The number of nitrogens with one attached hydrogen (secondary N) is 3. The van der Waals surface area contributed by atoms with Crippen LogP contribution in [-0.4, -0.2) is 49.4 Å². The molecule has 0 heterocycles. The van der Waals surface area contributed by atoms with Gasteiger partial charge in [-0.15, -0.1) is 0 Å². The number of thiol groups is 1. The van der Waals surface area contributed by atoms with Crippen molar-refractivity contribution in [1.29, 1.82) is 0 Å². The van der Waals surface area contributed by atoms with Crippen molar-refractivity contribution in [1.82, 2.24) is 14.3 Å². The molecule has 4 amide bonds. The van der Waals surface area contributed by atoms with Crippen LogP contribution in [0, 0.1) is 6.92 Å². The van der Waals surface area contributed by atoms with Crippen molar-refractivity contribution in [2.75, 3.05) is 18.5 Å². The van der Waals surface area contributed by atoms with Crippen LogP contribution in [0.25, 0.3) is 0 Å². The number of sulfonamides is 1. The second-order valence-corrected chi connectivity index (χ2v) is 10.7. The summed E-state index contributed by atoms with van der Waals surface area (Å²) in [6.07, 6.45) is 0.415. The van der Waals surface area contributed by atoms with Gasteiger partial charge in [-0.1, -0.05) is 30.5 Å². The number of anilines is 1. The van der Waals surface area contributed by atoms with Gasteiger partial charge in [0, 0.05) is 17.8 Å². The molecule has 0 radical (unpaired) electrons. The first kappa shape index (κ1) is 28.0. The standard InChI is InChI=1S/C23H30N4O6S2/c1-16-6-12-19(13-7-16)35(31,32)26-21(29)25-18-10-8-17(9-11-18)20(28)33-15-5-14-24-22(30)27(34)23(2,3)4/h6-13,34H,5,14-15H2,1-4H3,(H,24,30)(H2,25,26,29). The smallest absolute Gasteiger partial charge is 0.338 e. The lowest BCUT2D eigenvalue weighted by Gasteiger charge is -2.30. The number of esters is 1. The van der Waals surface area contributed by atoms with Gasteiger partial charge >= 0.3 is 18.0 Å². The summed E-state index contributed by atoms with van der Waals surface area (Å²) >= 11 is 4.16. The SMILES string of the molecule is Cc1ccc(S(=O)(=O)NC(=O)Nc2ccc(C(=O)OCCCNC(=O)N(S)C(C)(C)C)cc2)cc1. The third kappa shape index (κ3) is 8.80. The van der Waals surface area contributed by atoms with Crippen LogP contribution < -0.4 is 15.4 Å². The van der Waals surface area contributed by atoms with Crippen molar-refractivity contribution in [2.45, 2.75) is 44.6 Å². The molecular formula is C23H30N4O6S2. The number of nitrogens with zero attached hydrogens (tertiary/aromatic N) is 1. The van der Waals surface area contributed by atoms with E-state index in [1.54, 1.807) is 12.1 Å². The Balaban J connectivity index is 1.78. The minimum atomic E-state index is -4.02. The second kappa shape index (κ2) is 11.9. The lowest BCUT2D eigenvalue weighted by molar-refractivity contribution is 0.0501. The van der Waals surface area contributed by atoms with Crippen molar-refractivity contribution in [3.63, 3.8) is 0 Å². The number of aryl methyl sites for hydroxylation is 1. The van der Waals surface area contributed by atoms with Gasteiger partial charge in [0.1, 0.15) is 0 Å². The van der Waals surface area contributed by atoms with E-state index in [1.807, 2.05) is 32.4 Å². The molecule has 0 aliphatic rings. The zero-order valence-corrected chi connectivity index (χ0v) is 21.7. The highest BCUT2D eigenvalue weighted by molar-refractivity contribution is 7.90. The number of ether oxygens (including phenoxy) is 1. The van der Waals surface area contributed by atoms with Crippen molar-refractivity contribution in [2.24, 2.45) is 0 Å². The summed E-state index contributed by atoms with van der Waals surface area (Å²) in [7, 11) is -4.02. The average molecular weight is 523 g/mol. The van der Waals surface area contributed by atoms with Gasteiger partial charge in [-0.2, -0.15) is 0 Å². The van der Waals surface area contributed by atoms with E-state index in [4.69, 9.17) is 4.74 Å². The molecule has 2 aromatic rings. The fraction of sp³-hybridized carbons (Fsp3) is 0.348. The Morgan fingerprint density at radius 1 is 1.00 bits per heavy atom. The van der Waals surface area contributed by atoms with Crippen LogP contribution in [0.5, 0.6) is 0 Å². The molecule has 0 fully saturated rings. The molecule has 35 heavy (non-hydrogen) atoms. The molecule has 0 atom stereocenters. The summed E-state index contributed by atoms with van der Waals surface area (Å²) in [5, 5.41) is 5.09. The molecule has 0 saturated carbocycles. The Morgan fingerprint density at radius 3 is 2.17 bits per heavy atom. The predicted octanol–water partition coefficient (Wildman–Crippen LogP) is 3.71. The van der Waals surface area contributed by atoms with E-state index in [1.165, 1.54) is 40.7 Å². The van der Waals surface area contributed by atoms with Gasteiger partial charge in [0.05, 0.1) is 17.1 Å². The van der Waals surface area contributed by atoms with Gasteiger partial charge in [0.25, 0.3) is 10.0 Å². The lowest BCUT2D eigenvalue weighted by atomic mass is 10.1. The maximum Gasteiger partial charge on any atom is 0.338 e. The summed E-state index contributed by atoms with van der Waals surface area (Å²) < 4.78 is 33.0. The van der Waals surface area contributed by atoms with E-state index >= 15 is 0 Å². The van der Waals surface area contributed by atoms with Gasteiger partial charge in [0.15, 0.2) is 0 Å². The van der Waals surface area contributed by atoms with Gasteiger partial charge in [-0.3, -0.25) is 4.31 Å². The normalized spacial score (nSPS) is 11.3. The topological polar surface area (TPSA) is 134 Å². The van der Waals surface area contributed by atoms with Crippen molar-refractivity contribution in [3.8, 4) is 0 Å². The van der Waals surface area contributed by atoms with E-state index in [2.05, 4.69) is 23.4 Å². The largest absolute Gasteiger partial charge is 0.462 e. The molecule has 0 aromatic heterocycles. The molecule has 3 N–H and O–H groups in total. The highest BCUT2D eigenvalue weighted by Gasteiger charge is 2.23. The van der Waals surface area contributed by atoms with Gasteiger partial charge in [-0.05, 0) is 70.5 Å². The van der Waals surface area contributed by atoms with Crippen LogP contribution in [0.2, 0.25) is 0 Å². The first-order valence-corrected chi connectivity index (χ1v) is 12.6. The fourth-order valence-electron chi connectivity index (χ4n) is 2.64. The maximum atomic E-state index is 12.3. The van der Waals surface area contributed by atoms with E-state index in [9.17, 15) is 22.8 Å². The molecule has 0 aliphatic heterocycles. The maximum absolute atomic E-state index is 12.3. The average Bonchev–Trinajstić information content (AvgIpc) is 2.77. The van der Waals surface area contributed by atoms with E-state index in [-0.39, 0.29) is 28.8 Å². The van der Waals surface area contributed by atoms with Crippen LogP contribution in [0.3, 0.4) is 0 Å². The van der Waals surface area contributed by atoms with Crippen LogP contribution in [0.1, 0.15) is 43.1 Å². The molecule has 2 aromatic carbocycles. The van der Waals surface area contributed by atoms with Gasteiger partial charge < -0.3 is 15.4 Å². The van der Waals surface area contributed by atoms with Crippen molar-refractivity contribution in [3.05, 3.63) is 59.7 Å². The molecule has 0 unspecified atom stereocenters. The third-order valence-electron chi connectivity index (χ3n) is 4.60. The van der Waals surface area contributed by atoms with Crippen LogP contribution in [0.4, 0.5) is 15.3 Å². The Kier molecular flexibility index (Phi) is 9.55. The minimum absolute atomic E-state index is 0.0342. The Morgan fingerprint density at radius 2 is 1.60 bits per heavy atom. The summed E-state index contributed by atoms with van der Waals surface area (Å²) in [6.45, 7) is 7.77. The van der Waals surface area contributed by atoms with Crippen LogP contribution in [-0.2, 0) is 14.8 Å². The Hall–Kier alpha value is -3.25. The number of urea groups is 2. The summed E-state index contributed by atoms with van der Waals surface area (Å²) in [4.78, 5) is 36.2. The number of hydrogen-bond acceptors (Lipinski definition) is 7. The lowest BCUT2D eigenvalue weighted by Crippen LogP contribution is -2.44. The molecule has 10 nitrogen and oxygen atoms in total. The van der Waals surface area contributed by atoms with E-state index in [0.717, 1.165) is 5.56 Å².